The van der Waals surface area contributed by atoms with Crippen LogP contribution in [0.2, 0.25) is 0 Å². The maximum Gasteiger partial charge on any atom is 0.337 e. The van der Waals surface area contributed by atoms with Crippen molar-refractivity contribution in [3.63, 3.8) is 0 Å². The van der Waals surface area contributed by atoms with E-state index in [-0.39, 0.29) is 15.9 Å². The van der Waals surface area contributed by atoms with Gasteiger partial charge in [0.15, 0.2) is 15.5 Å². The van der Waals surface area contributed by atoms with Crippen LogP contribution in [-0.2, 0) is 9.84 Å². The SMILES string of the molecule is CC(c1ccccn1)n1c(=O)c2cccnc2n(-c2ccc(S(C)(=O)=O)cc2)c1=O. The number of fused-ring (bicyclic) bond motifs is 1. The third kappa shape index (κ3) is 3.33. The summed E-state index contributed by atoms with van der Waals surface area (Å²) in [7, 11) is -3.39. The van der Waals surface area contributed by atoms with Crippen LogP contribution in [0.1, 0.15) is 18.7 Å². The fourth-order valence-electron chi connectivity index (χ4n) is 3.33. The number of hydrogen-bond donors (Lipinski definition) is 0. The summed E-state index contributed by atoms with van der Waals surface area (Å²) >= 11 is 0. The molecule has 1 aromatic carbocycles. The van der Waals surface area contributed by atoms with E-state index in [0.29, 0.717) is 11.4 Å². The molecule has 0 N–H and O–H groups in total. The monoisotopic (exact) mass is 422 g/mol. The van der Waals surface area contributed by atoms with E-state index in [1.165, 1.54) is 35.0 Å². The van der Waals surface area contributed by atoms with E-state index in [4.69, 9.17) is 0 Å². The van der Waals surface area contributed by atoms with Gasteiger partial charge in [-0.15, -0.1) is 0 Å². The van der Waals surface area contributed by atoms with Crippen molar-refractivity contribution in [1.29, 1.82) is 0 Å². The minimum atomic E-state index is -3.39. The maximum atomic E-state index is 13.4. The summed E-state index contributed by atoms with van der Waals surface area (Å²) in [6.45, 7) is 1.73. The summed E-state index contributed by atoms with van der Waals surface area (Å²) in [5, 5.41) is 0.270. The summed E-state index contributed by atoms with van der Waals surface area (Å²) in [6.07, 6.45) is 4.21. The van der Waals surface area contributed by atoms with E-state index in [0.717, 1.165) is 10.8 Å². The standard InChI is InChI=1S/C21H18N4O4S/c1-14(18-7-3-4-12-22-18)24-20(26)17-6-5-13-23-19(17)25(21(24)27)15-8-10-16(11-9-15)30(2,28)29/h3-14H,1-2H3. The van der Waals surface area contributed by atoms with Gasteiger partial charge in [0.2, 0.25) is 0 Å². The topological polar surface area (TPSA) is 104 Å². The summed E-state index contributed by atoms with van der Waals surface area (Å²) in [5.74, 6) is 0. The first-order valence-electron chi connectivity index (χ1n) is 9.13. The van der Waals surface area contributed by atoms with Gasteiger partial charge in [-0.1, -0.05) is 6.07 Å². The van der Waals surface area contributed by atoms with Crippen molar-refractivity contribution < 1.29 is 8.42 Å². The Hall–Kier alpha value is -3.59. The zero-order chi connectivity index (χ0) is 21.5. The van der Waals surface area contributed by atoms with E-state index in [1.54, 1.807) is 43.5 Å². The van der Waals surface area contributed by atoms with Crippen LogP contribution in [-0.4, -0.2) is 33.8 Å². The molecule has 1 unspecified atom stereocenters. The lowest BCUT2D eigenvalue weighted by atomic mass is 10.2. The summed E-state index contributed by atoms with van der Waals surface area (Å²) < 4.78 is 26.0. The Balaban J connectivity index is 2.03. The lowest BCUT2D eigenvalue weighted by Crippen LogP contribution is -2.41. The molecule has 30 heavy (non-hydrogen) atoms. The molecule has 8 nitrogen and oxygen atoms in total. The van der Waals surface area contributed by atoms with Crippen LogP contribution in [0, 0.1) is 0 Å². The Kier molecular flexibility index (Phi) is 4.83. The molecule has 9 heteroatoms. The van der Waals surface area contributed by atoms with Gasteiger partial charge in [-0.25, -0.2) is 22.8 Å². The van der Waals surface area contributed by atoms with Crippen molar-refractivity contribution in [2.75, 3.05) is 6.26 Å². The number of hydrogen-bond acceptors (Lipinski definition) is 6. The highest BCUT2D eigenvalue weighted by atomic mass is 32.2. The first kappa shape index (κ1) is 19.7. The highest BCUT2D eigenvalue weighted by Crippen LogP contribution is 2.17. The van der Waals surface area contributed by atoms with Gasteiger partial charge in [-0.2, -0.15) is 0 Å². The minimum Gasteiger partial charge on any atom is -0.268 e. The second-order valence-corrected chi connectivity index (χ2v) is 8.88. The van der Waals surface area contributed by atoms with E-state index in [2.05, 4.69) is 9.97 Å². The summed E-state index contributed by atoms with van der Waals surface area (Å²) in [4.78, 5) is 35.2. The Morgan fingerprint density at radius 1 is 0.900 bits per heavy atom. The molecule has 4 rings (SSSR count). The Morgan fingerprint density at radius 2 is 1.60 bits per heavy atom. The second kappa shape index (κ2) is 7.34. The average molecular weight is 422 g/mol. The largest absolute Gasteiger partial charge is 0.337 e. The molecule has 0 spiro atoms. The fraction of sp³-hybridized carbons (Fsp3) is 0.143. The third-order valence-electron chi connectivity index (χ3n) is 4.87. The van der Waals surface area contributed by atoms with Gasteiger partial charge in [-0.3, -0.25) is 14.3 Å². The smallest absolute Gasteiger partial charge is 0.268 e. The fourth-order valence-corrected chi connectivity index (χ4v) is 3.96. The third-order valence-corrected chi connectivity index (χ3v) is 6.00. The highest BCUT2D eigenvalue weighted by molar-refractivity contribution is 7.90. The Morgan fingerprint density at radius 3 is 2.23 bits per heavy atom. The van der Waals surface area contributed by atoms with Gasteiger partial charge < -0.3 is 0 Å². The van der Waals surface area contributed by atoms with Crippen LogP contribution >= 0.6 is 0 Å². The molecule has 0 bridgehead atoms. The first-order chi connectivity index (χ1) is 14.3. The van der Waals surface area contributed by atoms with Crippen molar-refractivity contribution in [3.05, 3.63) is 93.5 Å². The van der Waals surface area contributed by atoms with Gasteiger partial charge in [0.25, 0.3) is 5.56 Å². The zero-order valence-electron chi connectivity index (χ0n) is 16.3. The molecule has 3 aromatic heterocycles. The van der Waals surface area contributed by atoms with Crippen molar-refractivity contribution in [3.8, 4) is 5.69 Å². The molecule has 0 radical (unpaired) electrons. The number of nitrogens with zero attached hydrogens (tertiary/aromatic N) is 4. The molecule has 3 heterocycles. The lowest BCUT2D eigenvalue weighted by molar-refractivity contribution is 0.558. The molecule has 0 saturated heterocycles. The van der Waals surface area contributed by atoms with Crippen molar-refractivity contribution >= 4 is 20.9 Å². The number of rotatable bonds is 4. The van der Waals surface area contributed by atoms with Crippen LogP contribution < -0.4 is 11.2 Å². The minimum absolute atomic E-state index is 0.131. The van der Waals surface area contributed by atoms with Gasteiger partial charge in [0.05, 0.1) is 27.7 Å². The number of sulfone groups is 1. The van der Waals surface area contributed by atoms with Crippen LogP contribution in [0.5, 0.6) is 0 Å². The molecular weight excluding hydrogens is 404 g/mol. The lowest BCUT2D eigenvalue weighted by Gasteiger charge is -2.18. The van der Waals surface area contributed by atoms with Crippen LogP contribution in [0.3, 0.4) is 0 Å². The van der Waals surface area contributed by atoms with Gasteiger partial charge in [-0.05, 0) is 55.5 Å². The Labute approximate surface area is 172 Å². The molecule has 0 amide bonds. The molecule has 0 saturated carbocycles. The van der Waals surface area contributed by atoms with Gasteiger partial charge >= 0.3 is 5.69 Å². The quantitative estimate of drug-likeness (QED) is 0.498. The van der Waals surface area contributed by atoms with Crippen LogP contribution in [0.25, 0.3) is 16.7 Å². The van der Waals surface area contributed by atoms with E-state index < -0.39 is 27.1 Å². The van der Waals surface area contributed by atoms with E-state index in [1.807, 2.05) is 0 Å². The summed E-state index contributed by atoms with van der Waals surface area (Å²) in [5.41, 5.74) is 0.114. The molecule has 0 aliphatic rings. The first-order valence-corrected chi connectivity index (χ1v) is 11.0. The summed E-state index contributed by atoms with van der Waals surface area (Å²) in [6, 6.07) is 13.8. The molecule has 4 aromatic rings. The zero-order valence-corrected chi connectivity index (χ0v) is 17.1. The van der Waals surface area contributed by atoms with Crippen molar-refractivity contribution in [1.82, 2.24) is 19.1 Å². The van der Waals surface area contributed by atoms with Crippen molar-refractivity contribution in [2.45, 2.75) is 17.9 Å². The van der Waals surface area contributed by atoms with Gasteiger partial charge in [0, 0.05) is 18.6 Å². The van der Waals surface area contributed by atoms with Crippen molar-refractivity contribution in [2.24, 2.45) is 0 Å². The molecule has 0 aliphatic heterocycles. The average Bonchev–Trinajstić information content (AvgIpc) is 2.74. The number of aromatic nitrogens is 4. The van der Waals surface area contributed by atoms with Crippen LogP contribution in [0.15, 0.2) is 81.5 Å². The second-order valence-electron chi connectivity index (χ2n) is 6.86. The Bertz CT molecular complexity index is 1460. The number of benzene rings is 1. The number of pyridine rings is 2. The predicted octanol–water partition coefficient (Wildman–Crippen LogP) is 1.96. The maximum absolute atomic E-state index is 13.4. The molecule has 152 valence electrons. The molecule has 0 fully saturated rings. The molecular formula is C21H18N4O4S. The van der Waals surface area contributed by atoms with E-state index in [9.17, 15) is 18.0 Å². The van der Waals surface area contributed by atoms with Crippen LogP contribution in [0.4, 0.5) is 0 Å². The normalized spacial score (nSPS) is 12.7. The molecule has 0 aliphatic carbocycles. The van der Waals surface area contributed by atoms with E-state index >= 15 is 0 Å². The van der Waals surface area contributed by atoms with Gasteiger partial charge in [0.1, 0.15) is 0 Å². The predicted molar refractivity (Wildman–Crippen MR) is 113 cm³/mol. The molecule has 1 atom stereocenters. The highest BCUT2D eigenvalue weighted by Gasteiger charge is 2.21.